The molecular weight excluding hydrogens is 164 g/mol. The van der Waals surface area contributed by atoms with Crippen LogP contribution in [-0.2, 0) is 0 Å². The number of fused-ring (bicyclic) bond motifs is 1. The maximum Gasteiger partial charge on any atom is 0.0348 e. The van der Waals surface area contributed by atoms with E-state index in [0.717, 1.165) is 0 Å². The lowest BCUT2D eigenvalue weighted by Crippen LogP contribution is -1.68. The number of hydrogen-bond donors (Lipinski definition) is 0. The zero-order valence-electron chi connectivity index (χ0n) is 6.58. The van der Waals surface area contributed by atoms with Gasteiger partial charge in [-0.05, 0) is 34.5 Å². The van der Waals surface area contributed by atoms with Gasteiger partial charge in [0, 0.05) is 4.70 Å². The summed E-state index contributed by atoms with van der Waals surface area (Å²) in [7, 11) is 0. The van der Waals surface area contributed by atoms with E-state index in [4.69, 9.17) is 0 Å². The van der Waals surface area contributed by atoms with Crippen LogP contribution in [0.4, 0.5) is 0 Å². The predicted molar refractivity (Wildman–Crippen MR) is 55.4 cm³/mol. The van der Waals surface area contributed by atoms with Crippen molar-refractivity contribution in [2.75, 3.05) is 0 Å². The number of rotatable bonds is 1. The second kappa shape index (κ2) is 2.98. The Kier molecular flexibility index (Phi) is 1.83. The molecule has 0 aliphatic carbocycles. The first kappa shape index (κ1) is 7.35. The molecule has 0 nitrogen and oxygen atoms in total. The van der Waals surface area contributed by atoms with Crippen molar-refractivity contribution in [3.63, 3.8) is 0 Å². The lowest BCUT2D eigenvalue weighted by atomic mass is 10.2. The molecule has 0 spiro atoms. The second-order valence-electron chi connectivity index (χ2n) is 2.57. The van der Waals surface area contributed by atoms with Gasteiger partial charge in [-0.2, -0.15) is 0 Å². The van der Waals surface area contributed by atoms with Crippen LogP contribution in [0.5, 0.6) is 0 Å². The summed E-state index contributed by atoms with van der Waals surface area (Å²) in [5.74, 6) is 0. The molecule has 0 unspecified atom stereocenters. The summed E-state index contributed by atoms with van der Waals surface area (Å²) in [5, 5.41) is 3.41. The van der Waals surface area contributed by atoms with Gasteiger partial charge in [0.05, 0.1) is 0 Å². The lowest BCUT2D eigenvalue weighted by Gasteiger charge is -1.91. The summed E-state index contributed by atoms with van der Waals surface area (Å²) in [4.78, 5) is 0. The summed E-state index contributed by atoms with van der Waals surface area (Å²) < 4.78 is 1.32. The quantitative estimate of drug-likeness (QED) is 0.575. The van der Waals surface area contributed by atoms with Crippen molar-refractivity contribution < 1.29 is 0 Å². The molecule has 0 atom stereocenters. The van der Waals surface area contributed by atoms with Crippen molar-refractivity contribution in [1.29, 1.82) is 0 Å². The van der Waals surface area contributed by atoms with E-state index in [2.05, 4.69) is 42.0 Å². The fourth-order valence-electron chi connectivity index (χ4n) is 1.18. The summed E-state index contributed by atoms with van der Waals surface area (Å²) >= 11 is 1.76. The van der Waals surface area contributed by atoms with Crippen molar-refractivity contribution >= 4 is 27.5 Å². The topological polar surface area (TPSA) is 0 Å². The van der Waals surface area contributed by atoms with E-state index in [0.29, 0.717) is 0 Å². The largest absolute Gasteiger partial charge is 0.144 e. The lowest BCUT2D eigenvalue weighted by molar-refractivity contribution is 1.77. The molecule has 1 aromatic carbocycles. The Morgan fingerprint density at radius 2 is 2.25 bits per heavy atom. The highest BCUT2D eigenvalue weighted by atomic mass is 32.1. The summed E-state index contributed by atoms with van der Waals surface area (Å²) in [6, 6.07) is 8.47. The molecule has 1 heterocycles. The molecule has 0 N–H and O–H groups in total. The minimum absolute atomic E-state index is 1.17. The minimum Gasteiger partial charge on any atom is -0.144 e. The molecule has 0 radical (unpaired) electrons. The standard InChI is InChI=1S/C11H8S/c1-2-3-9-4-5-10-6-7-12-11(10)8-9/h3-8H,1H2. The van der Waals surface area contributed by atoms with Gasteiger partial charge >= 0.3 is 0 Å². The van der Waals surface area contributed by atoms with Gasteiger partial charge in [-0.15, -0.1) is 17.1 Å². The van der Waals surface area contributed by atoms with E-state index in [1.807, 2.05) is 6.08 Å². The van der Waals surface area contributed by atoms with Crippen molar-refractivity contribution in [3.05, 3.63) is 47.5 Å². The van der Waals surface area contributed by atoms with E-state index in [9.17, 15) is 0 Å². The minimum atomic E-state index is 1.17. The first-order valence-electron chi connectivity index (χ1n) is 3.73. The van der Waals surface area contributed by atoms with E-state index < -0.39 is 0 Å². The van der Waals surface area contributed by atoms with Crippen LogP contribution in [0.3, 0.4) is 0 Å². The molecule has 1 heteroatoms. The second-order valence-corrected chi connectivity index (χ2v) is 3.51. The van der Waals surface area contributed by atoms with Gasteiger partial charge < -0.3 is 0 Å². The Morgan fingerprint density at radius 3 is 3.08 bits per heavy atom. The van der Waals surface area contributed by atoms with E-state index >= 15 is 0 Å². The highest BCUT2D eigenvalue weighted by Crippen LogP contribution is 2.22. The SMILES string of the molecule is C=C=Cc1ccc2ccsc2c1. The van der Waals surface area contributed by atoms with E-state index in [1.54, 1.807) is 11.3 Å². The number of benzene rings is 1. The third-order valence-corrected chi connectivity index (χ3v) is 2.63. The Hall–Kier alpha value is -1.30. The van der Waals surface area contributed by atoms with Crippen molar-refractivity contribution in [1.82, 2.24) is 0 Å². The molecule has 12 heavy (non-hydrogen) atoms. The van der Waals surface area contributed by atoms with Crippen LogP contribution in [-0.4, -0.2) is 0 Å². The van der Waals surface area contributed by atoms with E-state index in [-0.39, 0.29) is 0 Å². The van der Waals surface area contributed by atoms with Crippen LogP contribution in [0.15, 0.2) is 42.0 Å². The molecule has 1 aromatic heterocycles. The van der Waals surface area contributed by atoms with Crippen LogP contribution < -0.4 is 0 Å². The molecule has 0 bridgehead atoms. The number of thiophene rings is 1. The monoisotopic (exact) mass is 172 g/mol. The average molecular weight is 172 g/mol. The number of hydrogen-bond acceptors (Lipinski definition) is 1. The molecule has 0 aliphatic heterocycles. The van der Waals surface area contributed by atoms with Gasteiger partial charge in [-0.1, -0.05) is 18.7 Å². The van der Waals surface area contributed by atoms with Gasteiger partial charge in [-0.25, -0.2) is 0 Å². The van der Waals surface area contributed by atoms with Gasteiger partial charge in [0.25, 0.3) is 0 Å². The highest BCUT2D eigenvalue weighted by molar-refractivity contribution is 7.17. The third kappa shape index (κ3) is 1.20. The first-order valence-corrected chi connectivity index (χ1v) is 4.61. The summed E-state index contributed by atoms with van der Waals surface area (Å²) in [5.41, 5.74) is 3.94. The zero-order valence-corrected chi connectivity index (χ0v) is 7.40. The molecule has 0 saturated carbocycles. The fourth-order valence-corrected chi connectivity index (χ4v) is 2.02. The van der Waals surface area contributed by atoms with Gasteiger partial charge in [0.2, 0.25) is 0 Å². The molecule has 2 aromatic rings. The molecule has 0 saturated heterocycles. The summed E-state index contributed by atoms with van der Waals surface area (Å²) in [6.07, 6.45) is 1.89. The fraction of sp³-hybridized carbons (Fsp3) is 0. The Morgan fingerprint density at radius 1 is 1.33 bits per heavy atom. The Labute approximate surface area is 75.5 Å². The van der Waals surface area contributed by atoms with Crippen LogP contribution in [0.2, 0.25) is 0 Å². The van der Waals surface area contributed by atoms with Gasteiger partial charge in [0.1, 0.15) is 0 Å². The molecule has 58 valence electrons. The maximum absolute atomic E-state index is 3.55. The van der Waals surface area contributed by atoms with Crippen LogP contribution in [0.25, 0.3) is 16.2 Å². The maximum atomic E-state index is 3.55. The van der Waals surface area contributed by atoms with Crippen LogP contribution in [0.1, 0.15) is 5.56 Å². The van der Waals surface area contributed by atoms with Crippen LogP contribution in [0, 0.1) is 0 Å². The molecule has 0 aliphatic rings. The third-order valence-electron chi connectivity index (χ3n) is 1.75. The first-order chi connectivity index (χ1) is 5.90. The smallest absolute Gasteiger partial charge is 0.0348 e. The van der Waals surface area contributed by atoms with Crippen molar-refractivity contribution in [3.8, 4) is 0 Å². The summed E-state index contributed by atoms with van der Waals surface area (Å²) in [6.45, 7) is 3.55. The molecular formula is C11H8S. The zero-order chi connectivity index (χ0) is 8.39. The van der Waals surface area contributed by atoms with E-state index in [1.165, 1.54) is 15.6 Å². The van der Waals surface area contributed by atoms with Crippen molar-refractivity contribution in [2.45, 2.75) is 0 Å². The normalized spacial score (nSPS) is 9.67. The molecule has 0 fully saturated rings. The van der Waals surface area contributed by atoms with Crippen molar-refractivity contribution in [2.24, 2.45) is 0 Å². The molecule has 2 rings (SSSR count). The predicted octanol–water partition coefficient (Wildman–Crippen LogP) is 3.70. The van der Waals surface area contributed by atoms with Crippen LogP contribution >= 0.6 is 11.3 Å². The van der Waals surface area contributed by atoms with Gasteiger partial charge in [-0.3, -0.25) is 0 Å². The molecule has 0 amide bonds. The Balaban J connectivity index is 2.67. The van der Waals surface area contributed by atoms with Gasteiger partial charge in [0.15, 0.2) is 0 Å². The highest BCUT2D eigenvalue weighted by Gasteiger charge is 1.93. The average Bonchev–Trinajstić information content (AvgIpc) is 2.51. The Bertz CT molecular complexity index is 445.